The van der Waals surface area contributed by atoms with Crippen molar-refractivity contribution < 1.29 is 22.7 Å². The van der Waals surface area contributed by atoms with Gasteiger partial charge in [-0.05, 0) is 40.7 Å². The van der Waals surface area contributed by atoms with Crippen molar-refractivity contribution in [3.63, 3.8) is 0 Å². The average Bonchev–Trinajstić information content (AvgIpc) is 2.84. The van der Waals surface area contributed by atoms with Gasteiger partial charge in [-0.25, -0.2) is 18.0 Å². The molecular formula is C26H31F3N6O2. The Morgan fingerprint density at radius 3 is 2.43 bits per heavy atom. The van der Waals surface area contributed by atoms with Crippen LogP contribution in [0, 0.1) is 12.7 Å². The molecular weight excluding hydrogens is 485 g/mol. The lowest BCUT2D eigenvalue weighted by Gasteiger charge is -2.36. The third kappa shape index (κ3) is 5.86. The Morgan fingerprint density at radius 1 is 1.11 bits per heavy atom. The maximum absolute atomic E-state index is 14.7. The van der Waals surface area contributed by atoms with E-state index >= 15 is 0 Å². The minimum Gasteiger partial charge on any atom is -0.444 e. The van der Waals surface area contributed by atoms with Crippen molar-refractivity contribution in [2.45, 2.75) is 52.7 Å². The summed E-state index contributed by atoms with van der Waals surface area (Å²) in [4.78, 5) is 20.8. The number of fused-ring (bicyclic) bond motifs is 1. The number of piperazine rings is 1. The number of ether oxygens (including phenoxy) is 1. The molecule has 37 heavy (non-hydrogen) atoms. The maximum atomic E-state index is 14.7. The molecule has 1 atom stereocenters. The van der Waals surface area contributed by atoms with Gasteiger partial charge < -0.3 is 19.9 Å². The van der Waals surface area contributed by atoms with Gasteiger partial charge in [-0.2, -0.15) is 5.10 Å². The minimum absolute atomic E-state index is 0.107. The number of hydrogen-bond donors (Lipinski definition) is 1. The Labute approximate surface area is 213 Å². The van der Waals surface area contributed by atoms with Gasteiger partial charge in [0.15, 0.2) is 5.82 Å². The average molecular weight is 517 g/mol. The van der Waals surface area contributed by atoms with Crippen LogP contribution < -0.4 is 10.2 Å². The van der Waals surface area contributed by atoms with Crippen LogP contribution in [0.3, 0.4) is 0 Å². The number of alkyl halides is 2. The normalized spacial score (nSPS) is 15.3. The first-order valence-electron chi connectivity index (χ1n) is 12.1. The molecule has 1 amide bonds. The molecule has 4 rings (SSSR count). The Balaban J connectivity index is 1.56. The monoisotopic (exact) mass is 516 g/mol. The fraction of sp³-hybridized carbons (Fsp3) is 0.462. The van der Waals surface area contributed by atoms with Crippen LogP contribution in [0.25, 0.3) is 10.9 Å². The second-order valence-corrected chi connectivity index (χ2v) is 10.1. The molecule has 1 unspecified atom stereocenters. The number of nitrogens with one attached hydrogen (secondary N) is 1. The number of hydrogen-bond acceptors (Lipinski definition) is 7. The number of aromatic nitrogens is 3. The molecule has 1 aliphatic heterocycles. The first kappa shape index (κ1) is 26.4. The molecule has 1 fully saturated rings. The molecule has 3 aromatic rings. The van der Waals surface area contributed by atoms with E-state index in [0.29, 0.717) is 48.6 Å². The molecule has 1 aliphatic rings. The maximum Gasteiger partial charge on any atom is 0.410 e. The van der Waals surface area contributed by atoms with Crippen molar-refractivity contribution in [2.24, 2.45) is 0 Å². The lowest BCUT2D eigenvalue weighted by Crippen LogP contribution is -2.50. The molecule has 0 bridgehead atoms. The van der Waals surface area contributed by atoms with Crippen molar-refractivity contribution >= 4 is 28.5 Å². The van der Waals surface area contributed by atoms with Crippen LogP contribution in [0.1, 0.15) is 57.0 Å². The SMILES string of the molecule is Cc1nnc(NC(C)c2cccc(C(F)F)c2F)c2cc(N3CCN(C(=O)OC(C)(C)C)CC3)cnc12. The zero-order chi connectivity index (χ0) is 26.9. The number of carbonyl (C=O) groups is 1. The molecule has 3 heterocycles. The lowest BCUT2D eigenvalue weighted by molar-refractivity contribution is 0.0240. The number of halogens is 3. The van der Waals surface area contributed by atoms with Crippen LogP contribution in [-0.4, -0.2) is 58.0 Å². The molecule has 0 spiro atoms. The highest BCUT2D eigenvalue weighted by Crippen LogP contribution is 2.32. The Hall–Kier alpha value is -3.63. The van der Waals surface area contributed by atoms with Gasteiger partial charge in [0.25, 0.3) is 6.43 Å². The van der Waals surface area contributed by atoms with Gasteiger partial charge in [0.05, 0.1) is 34.7 Å². The third-order valence-electron chi connectivity index (χ3n) is 6.18. The molecule has 0 aliphatic carbocycles. The number of amides is 1. The van der Waals surface area contributed by atoms with E-state index in [-0.39, 0.29) is 11.7 Å². The van der Waals surface area contributed by atoms with Crippen LogP contribution >= 0.6 is 0 Å². The van der Waals surface area contributed by atoms with Crippen LogP contribution in [-0.2, 0) is 4.74 Å². The molecule has 11 heteroatoms. The van der Waals surface area contributed by atoms with E-state index in [1.807, 2.05) is 26.8 Å². The van der Waals surface area contributed by atoms with E-state index in [0.717, 1.165) is 11.8 Å². The van der Waals surface area contributed by atoms with Gasteiger partial charge >= 0.3 is 6.09 Å². The van der Waals surface area contributed by atoms with Gasteiger partial charge in [0, 0.05) is 37.1 Å². The number of nitrogens with zero attached hydrogens (tertiary/aromatic N) is 5. The summed E-state index contributed by atoms with van der Waals surface area (Å²) in [6, 6.07) is 5.23. The fourth-order valence-electron chi connectivity index (χ4n) is 4.26. The summed E-state index contributed by atoms with van der Waals surface area (Å²) in [5.74, 6) is -0.569. The predicted molar refractivity (Wildman–Crippen MR) is 135 cm³/mol. The molecule has 8 nitrogen and oxygen atoms in total. The lowest BCUT2D eigenvalue weighted by atomic mass is 10.0. The smallest absolute Gasteiger partial charge is 0.410 e. The number of benzene rings is 1. The summed E-state index contributed by atoms with van der Waals surface area (Å²) in [5.41, 5.74) is 1.00. The summed E-state index contributed by atoms with van der Waals surface area (Å²) >= 11 is 0. The van der Waals surface area contributed by atoms with Gasteiger partial charge in [0.2, 0.25) is 0 Å². The van der Waals surface area contributed by atoms with Crippen molar-refractivity contribution in [3.05, 3.63) is 53.1 Å². The second-order valence-electron chi connectivity index (χ2n) is 10.1. The van der Waals surface area contributed by atoms with Crippen molar-refractivity contribution in [1.82, 2.24) is 20.1 Å². The molecule has 1 N–H and O–H groups in total. The van der Waals surface area contributed by atoms with Crippen LogP contribution in [0.2, 0.25) is 0 Å². The fourth-order valence-corrected chi connectivity index (χ4v) is 4.26. The quantitative estimate of drug-likeness (QED) is 0.470. The summed E-state index contributed by atoms with van der Waals surface area (Å²) in [5, 5.41) is 12.2. The highest BCUT2D eigenvalue weighted by atomic mass is 19.3. The second kappa shape index (κ2) is 10.4. The van der Waals surface area contributed by atoms with E-state index in [1.165, 1.54) is 12.1 Å². The zero-order valence-corrected chi connectivity index (χ0v) is 21.6. The van der Waals surface area contributed by atoms with E-state index in [9.17, 15) is 18.0 Å². The van der Waals surface area contributed by atoms with Crippen LogP contribution in [0.4, 0.5) is 29.5 Å². The van der Waals surface area contributed by atoms with Gasteiger partial charge in [0.1, 0.15) is 11.4 Å². The predicted octanol–water partition coefficient (Wildman–Crippen LogP) is 5.64. The number of pyridine rings is 1. The van der Waals surface area contributed by atoms with Gasteiger partial charge in [-0.15, -0.1) is 5.10 Å². The summed E-state index contributed by atoms with van der Waals surface area (Å²) in [6.07, 6.45) is -1.49. The molecule has 1 aromatic carbocycles. The number of carbonyl (C=O) groups excluding carboxylic acids is 1. The van der Waals surface area contributed by atoms with E-state index < -0.39 is 29.4 Å². The van der Waals surface area contributed by atoms with E-state index in [2.05, 4.69) is 25.4 Å². The largest absolute Gasteiger partial charge is 0.444 e. The Morgan fingerprint density at radius 2 is 1.78 bits per heavy atom. The molecule has 2 aromatic heterocycles. The van der Waals surface area contributed by atoms with Gasteiger partial charge in [-0.3, -0.25) is 4.98 Å². The summed E-state index contributed by atoms with van der Waals surface area (Å²) in [7, 11) is 0. The first-order chi connectivity index (χ1) is 17.4. The number of aryl methyl sites for hydroxylation is 1. The van der Waals surface area contributed by atoms with E-state index in [4.69, 9.17) is 4.74 Å². The van der Waals surface area contributed by atoms with E-state index in [1.54, 1.807) is 24.9 Å². The molecule has 1 saturated heterocycles. The zero-order valence-electron chi connectivity index (χ0n) is 21.6. The Bertz CT molecular complexity index is 1290. The van der Waals surface area contributed by atoms with Crippen molar-refractivity contribution in [3.8, 4) is 0 Å². The van der Waals surface area contributed by atoms with Gasteiger partial charge in [-0.1, -0.05) is 18.2 Å². The number of rotatable bonds is 5. The van der Waals surface area contributed by atoms with Crippen LogP contribution in [0.5, 0.6) is 0 Å². The highest BCUT2D eigenvalue weighted by molar-refractivity contribution is 5.92. The molecule has 198 valence electrons. The van der Waals surface area contributed by atoms with Crippen LogP contribution in [0.15, 0.2) is 30.5 Å². The highest BCUT2D eigenvalue weighted by Gasteiger charge is 2.27. The topological polar surface area (TPSA) is 83.5 Å². The van der Waals surface area contributed by atoms with Crippen molar-refractivity contribution in [2.75, 3.05) is 36.4 Å². The third-order valence-corrected chi connectivity index (χ3v) is 6.18. The summed E-state index contributed by atoms with van der Waals surface area (Å²) in [6.45, 7) is 11.2. The van der Waals surface area contributed by atoms with Crippen molar-refractivity contribution in [1.29, 1.82) is 0 Å². The summed E-state index contributed by atoms with van der Waals surface area (Å²) < 4.78 is 46.6. The molecule has 0 radical (unpaired) electrons. The first-order valence-corrected chi connectivity index (χ1v) is 12.1. The standard InChI is InChI=1S/C26H31F3N6O2/c1-15(18-7-6-8-19(21(18)27)23(28)29)31-24-20-13-17(14-30-22(20)16(2)32-33-24)34-9-11-35(12-10-34)25(36)37-26(3,4)5/h6-8,13-15,23H,9-12H2,1-5H3,(H,31,33). The molecule has 0 saturated carbocycles. The Kier molecular flexibility index (Phi) is 7.42. The minimum atomic E-state index is -2.91. The number of anilines is 2.